The van der Waals surface area contributed by atoms with Crippen LogP contribution in [0.4, 0.5) is 4.79 Å². The van der Waals surface area contributed by atoms with Gasteiger partial charge in [-0.3, -0.25) is 9.59 Å². The average molecular weight is 322 g/mol. The molecule has 0 bridgehead atoms. The van der Waals surface area contributed by atoms with E-state index in [2.05, 4.69) is 5.32 Å². The van der Waals surface area contributed by atoms with Crippen LogP contribution in [0.5, 0.6) is 0 Å². The second-order valence-electron chi connectivity index (χ2n) is 5.53. The maximum Gasteiger partial charge on any atom is 0.317 e. The molecule has 118 valence electrons. The summed E-state index contributed by atoms with van der Waals surface area (Å²) in [4.78, 5) is 41.0. The molecule has 2 fully saturated rings. The van der Waals surface area contributed by atoms with Gasteiger partial charge < -0.3 is 20.0 Å². The van der Waals surface area contributed by atoms with Crippen LogP contribution in [-0.4, -0.2) is 71.8 Å². The second kappa shape index (κ2) is 5.96. The molecular formula is C14H18N4O3S. The molecule has 2 saturated heterocycles. The van der Waals surface area contributed by atoms with E-state index in [0.717, 1.165) is 5.56 Å². The topological polar surface area (TPSA) is 73.0 Å². The Morgan fingerprint density at radius 3 is 2.95 bits per heavy atom. The minimum absolute atomic E-state index is 0.0505. The van der Waals surface area contributed by atoms with Gasteiger partial charge in [0.2, 0.25) is 11.8 Å². The number of urea groups is 1. The first kappa shape index (κ1) is 14.8. The number of hydrogen-bond donors (Lipinski definition) is 1. The molecule has 0 aromatic carbocycles. The van der Waals surface area contributed by atoms with E-state index in [9.17, 15) is 14.4 Å². The van der Waals surface area contributed by atoms with Gasteiger partial charge in [-0.2, -0.15) is 11.3 Å². The lowest BCUT2D eigenvalue weighted by atomic mass is 10.1. The smallest absolute Gasteiger partial charge is 0.317 e. The zero-order valence-electron chi connectivity index (χ0n) is 12.3. The fraction of sp³-hybridized carbons (Fsp3) is 0.500. The first-order valence-corrected chi connectivity index (χ1v) is 8.09. The van der Waals surface area contributed by atoms with E-state index in [1.807, 2.05) is 16.8 Å². The number of carbonyl (C=O) groups is 3. The van der Waals surface area contributed by atoms with Crippen molar-refractivity contribution in [1.82, 2.24) is 20.0 Å². The highest BCUT2D eigenvalue weighted by molar-refractivity contribution is 7.07. The first-order valence-electron chi connectivity index (χ1n) is 7.14. The van der Waals surface area contributed by atoms with Crippen LogP contribution >= 0.6 is 11.3 Å². The predicted molar refractivity (Wildman–Crippen MR) is 81.3 cm³/mol. The summed E-state index contributed by atoms with van der Waals surface area (Å²) in [6, 6.07) is 1.22. The van der Waals surface area contributed by atoms with Crippen molar-refractivity contribution in [3.05, 3.63) is 22.4 Å². The Kier molecular flexibility index (Phi) is 4.02. The second-order valence-corrected chi connectivity index (χ2v) is 6.31. The van der Waals surface area contributed by atoms with Crippen molar-refractivity contribution in [2.45, 2.75) is 12.6 Å². The molecule has 1 aromatic rings. The van der Waals surface area contributed by atoms with Crippen molar-refractivity contribution in [3.63, 3.8) is 0 Å². The Hall–Kier alpha value is -2.09. The number of nitrogens with zero attached hydrogens (tertiary/aromatic N) is 3. The molecule has 22 heavy (non-hydrogen) atoms. The fourth-order valence-electron chi connectivity index (χ4n) is 2.79. The molecule has 3 rings (SSSR count). The van der Waals surface area contributed by atoms with Gasteiger partial charge in [0.25, 0.3) is 0 Å². The van der Waals surface area contributed by atoms with Gasteiger partial charge in [0, 0.05) is 26.7 Å². The highest BCUT2D eigenvalue weighted by Gasteiger charge is 2.42. The number of rotatable bonds is 2. The third-order valence-electron chi connectivity index (χ3n) is 4.05. The number of nitrogens with one attached hydrogen (secondary N) is 1. The summed E-state index contributed by atoms with van der Waals surface area (Å²) in [5.74, 6) is -0.152. The molecule has 2 aliphatic rings. The Morgan fingerprint density at radius 1 is 1.41 bits per heavy atom. The Bertz CT molecular complexity index is 589. The van der Waals surface area contributed by atoms with E-state index in [-0.39, 0.29) is 30.9 Å². The quantitative estimate of drug-likeness (QED) is 0.829. The molecule has 3 heterocycles. The van der Waals surface area contributed by atoms with Gasteiger partial charge in [-0.1, -0.05) is 0 Å². The van der Waals surface area contributed by atoms with Crippen LogP contribution in [0, 0.1) is 0 Å². The highest BCUT2D eigenvalue weighted by atomic mass is 32.1. The van der Waals surface area contributed by atoms with E-state index >= 15 is 0 Å². The van der Waals surface area contributed by atoms with Crippen molar-refractivity contribution in [1.29, 1.82) is 0 Å². The van der Waals surface area contributed by atoms with Gasteiger partial charge >= 0.3 is 6.03 Å². The maximum atomic E-state index is 12.2. The zero-order chi connectivity index (χ0) is 15.7. The molecule has 1 atom stereocenters. The van der Waals surface area contributed by atoms with Crippen LogP contribution in [0.2, 0.25) is 0 Å². The average Bonchev–Trinajstić information content (AvgIpc) is 3.03. The summed E-state index contributed by atoms with van der Waals surface area (Å²) in [6.45, 7) is 1.72. The predicted octanol–water partition coefficient (Wildman–Crippen LogP) is -0.0575. The normalized spacial score (nSPS) is 21.9. The molecule has 0 saturated carbocycles. The van der Waals surface area contributed by atoms with Gasteiger partial charge in [-0.05, 0) is 22.4 Å². The number of amides is 4. The van der Waals surface area contributed by atoms with Gasteiger partial charge in [-0.15, -0.1) is 0 Å². The van der Waals surface area contributed by atoms with Gasteiger partial charge in [0.05, 0.1) is 13.1 Å². The fourth-order valence-corrected chi connectivity index (χ4v) is 3.45. The van der Waals surface area contributed by atoms with Crippen LogP contribution in [-0.2, 0) is 16.1 Å². The van der Waals surface area contributed by atoms with Crippen LogP contribution in [0.1, 0.15) is 5.56 Å². The molecule has 0 spiro atoms. The van der Waals surface area contributed by atoms with Gasteiger partial charge in [-0.25, -0.2) is 4.79 Å². The van der Waals surface area contributed by atoms with E-state index in [4.69, 9.17) is 0 Å². The van der Waals surface area contributed by atoms with Crippen LogP contribution in [0.15, 0.2) is 16.8 Å². The number of hydrogen-bond acceptors (Lipinski definition) is 4. The third kappa shape index (κ3) is 2.78. The lowest BCUT2D eigenvalue weighted by Crippen LogP contribution is -2.67. The molecule has 0 radical (unpaired) electrons. The monoisotopic (exact) mass is 322 g/mol. The van der Waals surface area contributed by atoms with Crippen molar-refractivity contribution in [2.24, 2.45) is 0 Å². The largest absolute Gasteiger partial charge is 0.335 e. The van der Waals surface area contributed by atoms with Crippen molar-refractivity contribution in [3.8, 4) is 0 Å². The zero-order valence-corrected chi connectivity index (χ0v) is 13.1. The Balaban J connectivity index is 1.61. The SMILES string of the molecule is CN1CC(=O)N2CCN(C(=O)NCc3ccsc3)C[C@H]2C1=O. The highest BCUT2D eigenvalue weighted by Crippen LogP contribution is 2.17. The molecule has 7 nitrogen and oxygen atoms in total. The van der Waals surface area contributed by atoms with Gasteiger partial charge in [0.15, 0.2) is 0 Å². The minimum Gasteiger partial charge on any atom is -0.335 e. The summed E-state index contributed by atoms with van der Waals surface area (Å²) in [7, 11) is 1.62. The molecule has 0 unspecified atom stereocenters. The number of fused-ring (bicyclic) bond motifs is 1. The lowest BCUT2D eigenvalue weighted by Gasteiger charge is -2.45. The molecule has 4 amide bonds. The molecule has 1 N–H and O–H groups in total. The van der Waals surface area contributed by atoms with Crippen molar-refractivity contribution >= 4 is 29.2 Å². The summed E-state index contributed by atoms with van der Waals surface area (Å²) < 4.78 is 0. The van der Waals surface area contributed by atoms with E-state index in [1.54, 1.807) is 28.2 Å². The number of piperazine rings is 2. The number of thiophene rings is 1. The van der Waals surface area contributed by atoms with E-state index < -0.39 is 6.04 Å². The Morgan fingerprint density at radius 2 is 2.23 bits per heavy atom. The molecular weight excluding hydrogens is 304 g/mol. The summed E-state index contributed by atoms with van der Waals surface area (Å²) in [5, 5.41) is 6.80. The van der Waals surface area contributed by atoms with Crippen molar-refractivity contribution < 1.29 is 14.4 Å². The summed E-state index contributed by atoms with van der Waals surface area (Å²) >= 11 is 1.58. The number of carbonyl (C=O) groups excluding carboxylic acids is 3. The molecule has 8 heteroatoms. The van der Waals surface area contributed by atoms with E-state index in [1.165, 1.54) is 4.90 Å². The number of likely N-dealkylation sites (N-methyl/N-ethyl adjacent to an activating group) is 1. The summed E-state index contributed by atoms with van der Waals surface area (Å²) in [5.41, 5.74) is 1.06. The molecule has 2 aliphatic heterocycles. The van der Waals surface area contributed by atoms with Crippen LogP contribution < -0.4 is 5.32 Å². The summed E-state index contributed by atoms with van der Waals surface area (Å²) in [6.07, 6.45) is 0. The third-order valence-corrected chi connectivity index (χ3v) is 4.78. The Labute approximate surface area is 132 Å². The maximum absolute atomic E-state index is 12.2. The molecule has 0 aliphatic carbocycles. The van der Waals surface area contributed by atoms with Crippen molar-refractivity contribution in [2.75, 3.05) is 33.2 Å². The standard InChI is InChI=1S/C14H18N4O3S/c1-16-8-12(19)18-4-3-17(7-11(18)13(16)20)14(21)15-6-10-2-5-22-9-10/h2,5,9,11H,3-4,6-8H2,1H3,(H,15,21)/t11-/m0/s1. The van der Waals surface area contributed by atoms with E-state index in [0.29, 0.717) is 19.6 Å². The van der Waals surface area contributed by atoms with Crippen LogP contribution in [0.3, 0.4) is 0 Å². The lowest BCUT2D eigenvalue weighted by molar-refractivity contribution is -0.157. The first-order chi connectivity index (χ1) is 10.6. The van der Waals surface area contributed by atoms with Gasteiger partial charge in [0.1, 0.15) is 6.04 Å². The van der Waals surface area contributed by atoms with Crippen LogP contribution in [0.25, 0.3) is 0 Å². The molecule has 1 aromatic heterocycles. The minimum atomic E-state index is -0.549.